The maximum Gasteiger partial charge on any atom is 0.0687 e. The number of hydrogen-bond acceptors (Lipinski definition) is 2. The Labute approximate surface area is 166 Å². The molecule has 0 atom stereocenters. The number of rotatable bonds is 4. The average Bonchev–Trinajstić information content (AvgIpc) is 2.52. The van der Waals surface area contributed by atoms with Crippen LogP contribution >= 0.6 is 0 Å². The quantitative estimate of drug-likeness (QED) is 0.600. The molecule has 0 amide bonds. The van der Waals surface area contributed by atoms with Crippen LogP contribution in [0, 0.1) is 0 Å². The van der Waals surface area contributed by atoms with Crippen LogP contribution in [0.25, 0.3) is 0 Å². The lowest BCUT2D eigenvalue weighted by molar-refractivity contribution is 0.339. The van der Waals surface area contributed by atoms with E-state index in [4.69, 9.17) is 0 Å². The van der Waals surface area contributed by atoms with Gasteiger partial charge >= 0.3 is 0 Å². The standard InChI is InChI=1S/C25H38N2/c1-22(2,3)18-12-11-13-19(16-18)24(7,8)17-25(9,10)21-15-14-20(26-27-21)23(4,5)6/h11-16H,17H2,1-10H3. The van der Waals surface area contributed by atoms with Crippen LogP contribution in [-0.2, 0) is 21.7 Å². The van der Waals surface area contributed by atoms with Crippen LogP contribution in [0.5, 0.6) is 0 Å². The van der Waals surface area contributed by atoms with E-state index in [0.29, 0.717) is 0 Å². The van der Waals surface area contributed by atoms with Crippen molar-refractivity contribution in [2.45, 2.75) is 97.3 Å². The Morgan fingerprint density at radius 2 is 1.11 bits per heavy atom. The molecule has 27 heavy (non-hydrogen) atoms. The van der Waals surface area contributed by atoms with Crippen molar-refractivity contribution in [3.63, 3.8) is 0 Å². The van der Waals surface area contributed by atoms with E-state index in [0.717, 1.165) is 17.8 Å². The predicted molar refractivity (Wildman–Crippen MR) is 117 cm³/mol. The largest absolute Gasteiger partial charge is 0.155 e. The Hall–Kier alpha value is -1.70. The molecular weight excluding hydrogens is 328 g/mol. The van der Waals surface area contributed by atoms with Gasteiger partial charge in [-0.05, 0) is 40.5 Å². The van der Waals surface area contributed by atoms with E-state index in [-0.39, 0.29) is 21.7 Å². The summed E-state index contributed by atoms with van der Waals surface area (Å²) >= 11 is 0. The second-order valence-electron chi connectivity index (χ2n) is 11.3. The molecular formula is C25H38N2. The lowest BCUT2D eigenvalue weighted by atomic mass is 9.69. The molecule has 1 aromatic carbocycles. The minimum atomic E-state index is -0.0509. The van der Waals surface area contributed by atoms with E-state index in [1.807, 2.05) is 0 Å². The third-order valence-corrected chi connectivity index (χ3v) is 5.52. The Balaban J connectivity index is 2.30. The van der Waals surface area contributed by atoms with Crippen LogP contribution < -0.4 is 0 Å². The van der Waals surface area contributed by atoms with Crippen LogP contribution in [0.1, 0.15) is 98.2 Å². The fourth-order valence-corrected chi connectivity index (χ4v) is 3.80. The second-order valence-corrected chi connectivity index (χ2v) is 11.3. The summed E-state index contributed by atoms with van der Waals surface area (Å²) in [7, 11) is 0. The first-order chi connectivity index (χ1) is 12.1. The number of benzene rings is 1. The number of aromatic nitrogens is 2. The Bertz CT molecular complexity index is 769. The van der Waals surface area contributed by atoms with Crippen LogP contribution in [-0.4, -0.2) is 10.2 Å². The predicted octanol–water partition coefficient (Wildman–Crippen LogP) is 6.72. The summed E-state index contributed by atoms with van der Waals surface area (Å²) in [6.07, 6.45) is 1.01. The molecule has 148 valence electrons. The van der Waals surface area contributed by atoms with E-state index in [1.54, 1.807) is 0 Å². The number of nitrogens with zero attached hydrogens (tertiary/aromatic N) is 2. The highest BCUT2D eigenvalue weighted by molar-refractivity contribution is 5.34. The molecule has 2 heteroatoms. The zero-order chi connectivity index (χ0) is 20.7. The molecule has 0 bridgehead atoms. The highest BCUT2D eigenvalue weighted by Crippen LogP contribution is 2.39. The number of hydrogen-bond donors (Lipinski definition) is 0. The molecule has 0 aliphatic rings. The van der Waals surface area contributed by atoms with Gasteiger partial charge in [-0.25, -0.2) is 0 Å². The normalized spacial score (nSPS) is 13.7. The second kappa shape index (κ2) is 7.04. The molecule has 0 saturated carbocycles. The molecule has 0 saturated heterocycles. The van der Waals surface area contributed by atoms with Gasteiger partial charge in [-0.1, -0.05) is 93.5 Å². The molecule has 2 rings (SSSR count). The van der Waals surface area contributed by atoms with Crippen molar-refractivity contribution in [3.05, 3.63) is 58.9 Å². The first kappa shape index (κ1) is 21.6. The van der Waals surface area contributed by atoms with E-state index >= 15 is 0 Å². The maximum absolute atomic E-state index is 4.60. The monoisotopic (exact) mass is 366 g/mol. The van der Waals surface area contributed by atoms with Crippen molar-refractivity contribution in [1.82, 2.24) is 10.2 Å². The van der Waals surface area contributed by atoms with E-state index in [2.05, 4.69) is 116 Å². The van der Waals surface area contributed by atoms with E-state index in [1.165, 1.54) is 11.1 Å². The van der Waals surface area contributed by atoms with Gasteiger partial charge in [0.1, 0.15) is 0 Å². The average molecular weight is 367 g/mol. The summed E-state index contributed by atoms with van der Waals surface area (Å²) < 4.78 is 0. The SMILES string of the molecule is CC(C)(C)c1cccc(C(C)(C)CC(C)(C)c2ccc(C(C)(C)C)nn2)c1. The molecule has 0 aliphatic heterocycles. The van der Waals surface area contributed by atoms with Gasteiger partial charge in [0.15, 0.2) is 0 Å². The summed E-state index contributed by atoms with van der Waals surface area (Å²) in [6, 6.07) is 13.4. The first-order valence-electron chi connectivity index (χ1n) is 10.1. The highest BCUT2D eigenvalue weighted by atomic mass is 15.1. The molecule has 1 aromatic heterocycles. The fraction of sp³-hybridized carbons (Fsp3) is 0.600. The maximum atomic E-state index is 4.60. The molecule has 0 unspecified atom stereocenters. The lowest BCUT2D eigenvalue weighted by Crippen LogP contribution is -2.31. The Morgan fingerprint density at radius 1 is 0.593 bits per heavy atom. The van der Waals surface area contributed by atoms with Gasteiger partial charge in [-0.15, -0.1) is 0 Å². The summed E-state index contributed by atoms with van der Waals surface area (Å²) in [6.45, 7) is 22.6. The topological polar surface area (TPSA) is 25.8 Å². The van der Waals surface area contributed by atoms with Crippen LogP contribution in [0.2, 0.25) is 0 Å². The van der Waals surface area contributed by atoms with Gasteiger partial charge in [-0.2, -0.15) is 10.2 Å². The van der Waals surface area contributed by atoms with Crippen molar-refractivity contribution in [1.29, 1.82) is 0 Å². The van der Waals surface area contributed by atoms with Crippen LogP contribution in [0.3, 0.4) is 0 Å². The Morgan fingerprint density at radius 3 is 1.59 bits per heavy atom. The molecule has 0 N–H and O–H groups in total. The summed E-state index contributed by atoms with van der Waals surface area (Å²) in [5.74, 6) is 0. The van der Waals surface area contributed by atoms with Crippen molar-refractivity contribution in [3.8, 4) is 0 Å². The zero-order valence-electron chi connectivity index (χ0n) is 19.1. The molecule has 1 heterocycles. The zero-order valence-corrected chi connectivity index (χ0v) is 19.1. The van der Waals surface area contributed by atoms with Crippen LogP contribution in [0.15, 0.2) is 36.4 Å². The molecule has 2 nitrogen and oxygen atoms in total. The van der Waals surface area contributed by atoms with E-state index < -0.39 is 0 Å². The van der Waals surface area contributed by atoms with Crippen molar-refractivity contribution in [2.75, 3.05) is 0 Å². The van der Waals surface area contributed by atoms with Crippen molar-refractivity contribution < 1.29 is 0 Å². The van der Waals surface area contributed by atoms with Gasteiger partial charge in [0.05, 0.1) is 11.4 Å². The van der Waals surface area contributed by atoms with Crippen LogP contribution in [0.4, 0.5) is 0 Å². The summed E-state index contributed by atoms with van der Waals surface area (Å²) in [4.78, 5) is 0. The van der Waals surface area contributed by atoms with Gasteiger partial charge in [-0.3, -0.25) is 0 Å². The summed E-state index contributed by atoms with van der Waals surface area (Å²) in [5.41, 5.74) is 5.08. The molecule has 0 fully saturated rings. The summed E-state index contributed by atoms with van der Waals surface area (Å²) in [5, 5.41) is 9.12. The molecule has 0 aliphatic carbocycles. The minimum Gasteiger partial charge on any atom is -0.155 e. The van der Waals surface area contributed by atoms with Gasteiger partial charge in [0.25, 0.3) is 0 Å². The highest BCUT2D eigenvalue weighted by Gasteiger charge is 2.33. The molecule has 0 spiro atoms. The van der Waals surface area contributed by atoms with Gasteiger partial charge < -0.3 is 0 Å². The first-order valence-corrected chi connectivity index (χ1v) is 10.1. The fourth-order valence-electron chi connectivity index (χ4n) is 3.80. The molecule has 2 aromatic rings. The lowest BCUT2D eigenvalue weighted by Gasteiger charge is -2.36. The van der Waals surface area contributed by atoms with E-state index in [9.17, 15) is 0 Å². The molecule has 0 radical (unpaired) electrons. The Kier molecular flexibility index (Phi) is 5.63. The smallest absolute Gasteiger partial charge is 0.0687 e. The minimum absolute atomic E-state index is 0.0301. The van der Waals surface area contributed by atoms with Gasteiger partial charge in [0.2, 0.25) is 0 Å². The van der Waals surface area contributed by atoms with Crippen molar-refractivity contribution >= 4 is 0 Å². The van der Waals surface area contributed by atoms with Crippen molar-refractivity contribution in [2.24, 2.45) is 0 Å². The third-order valence-electron chi connectivity index (χ3n) is 5.52. The van der Waals surface area contributed by atoms with Gasteiger partial charge in [0, 0.05) is 10.8 Å². The third kappa shape index (κ3) is 5.18.